The Hall–Kier alpha value is -1.96. The standard InChI is InChI=1S/C14H15NO/c1-10-4-3-5-12(8-10)16-14-9-11(2)6-7-13(14)15/h3-9H,15H2,1-2H3. The Balaban J connectivity index is 2.30. The Kier molecular flexibility index (Phi) is 2.82. The number of nitrogens with two attached hydrogens (primary N) is 1. The average Bonchev–Trinajstić information content (AvgIpc) is 2.24. The first-order valence-electron chi connectivity index (χ1n) is 5.26. The summed E-state index contributed by atoms with van der Waals surface area (Å²) in [5.41, 5.74) is 8.82. The summed E-state index contributed by atoms with van der Waals surface area (Å²) >= 11 is 0. The molecule has 0 radical (unpaired) electrons. The molecule has 0 aliphatic heterocycles. The van der Waals surface area contributed by atoms with Crippen LogP contribution in [0.5, 0.6) is 11.5 Å². The molecule has 16 heavy (non-hydrogen) atoms. The first-order valence-corrected chi connectivity index (χ1v) is 5.26. The van der Waals surface area contributed by atoms with E-state index in [0.717, 1.165) is 11.3 Å². The van der Waals surface area contributed by atoms with E-state index in [4.69, 9.17) is 10.5 Å². The van der Waals surface area contributed by atoms with E-state index in [9.17, 15) is 0 Å². The minimum Gasteiger partial charge on any atom is -0.455 e. The molecule has 0 unspecified atom stereocenters. The van der Waals surface area contributed by atoms with Crippen LogP contribution < -0.4 is 10.5 Å². The highest BCUT2D eigenvalue weighted by atomic mass is 16.5. The number of ether oxygens (including phenoxy) is 1. The highest BCUT2D eigenvalue weighted by Gasteiger charge is 2.02. The van der Waals surface area contributed by atoms with Gasteiger partial charge in [-0.25, -0.2) is 0 Å². The monoisotopic (exact) mass is 213 g/mol. The van der Waals surface area contributed by atoms with Crippen molar-refractivity contribution < 1.29 is 4.74 Å². The number of hydrogen-bond donors (Lipinski definition) is 1. The number of hydrogen-bond acceptors (Lipinski definition) is 2. The highest BCUT2D eigenvalue weighted by Crippen LogP contribution is 2.28. The van der Waals surface area contributed by atoms with Crippen molar-refractivity contribution in [2.45, 2.75) is 13.8 Å². The zero-order chi connectivity index (χ0) is 11.5. The van der Waals surface area contributed by atoms with Gasteiger partial charge in [0.1, 0.15) is 5.75 Å². The molecule has 0 saturated carbocycles. The van der Waals surface area contributed by atoms with E-state index in [1.807, 2.05) is 56.3 Å². The predicted molar refractivity (Wildman–Crippen MR) is 66.8 cm³/mol. The first kappa shape index (κ1) is 10.6. The zero-order valence-corrected chi connectivity index (χ0v) is 9.53. The van der Waals surface area contributed by atoms with Gasteiger partial charge >= 0.3 is 0 Å². The maximum Gasteiger partial charge on any atom is 0.150 e. The Labute approximate surface area is 95.7 Å². The molecular weight excluding hydrogens is 198 g/mol. The number of rotatable bonds is 2. The fourth-order valence-corrected chi connectivity index (χ4v) is 1.54. The van der Waals surface area contributed by atoms with E-state index in [0.29, 0.717) is 11.4 Å². The summed E-state index contributed by atoms with van der Waals surface area (Å²) in [4.78, 5) is 0. The maximum absolute atomic E-state index is 5.85. The molecule has 0 aliphatic rings. The summed E-state index contributed by atoms with van der Waals surface area (Å²) in [5.74, 6) is 1.53. The van der Waals surface area contributed by atoms with Crippen molar-refractivity contribution in [3.63, 3.8) is 0 Å². The van der Waals surface area contributed by atoms with Gasteiger partial charge in [-0.3, -0.25) is 0 Å². The Bertz CT molecular complexity index is 506. The second-order valence-electron chi connectivity index (χ2n) is 3.96. The molecule has 2 heteroatoms. The van der Waals surface area contributed by atoms with Gasteiger partial charge in [0.15, 0.2) is 5.75 Å². The third-order valence-electron chi connectivity index (χ3n) is 2.39. The quantitative estimate of drug-likeness (QED) is 0.772. The van der Waals surface area contributed by atoms with E-state index in [2.05, 4.69) is 0 Å². The normalized spacial score (nSPS) is 10.1. The van der Waals surface area contributed by atoms with Crippen molar-refractivity contribution in [1.82, 2.24) is 0 Å². The maximum atomic E-state index is 5.85. The molecule has 0 saturated heterocycles. The predicted octanol–water partition coefficient (Wildman–Crippen LogP) is 3.68. The summed E-state index contributed by atoms with van der Waals surface area (Å²) < 4.78 is 5.75. The summed E-state index contributed by atoms with van der Waals surface area (Å²) in [7, 11) is 0. The lowest BCUT2D eigenvalue weighted by Gasteiger charge is -2.09. The average molecular weight is 213 g/mol. The van der Waals surface area contributed by atoms with Crippen molar-refractivity contribution >= 4 is 5.69 Å². The molecule has 2 aromatic carbocycles. The lowest BCUT2D eigenvalue weighted by Crippen LogP contribution is -1.92. The molecule has 0 bridgehead atoms. The molecule has 0 aromatic heterocycles. The zero-order valence-electron chi connectivity index (χ0n) is 9.53. The molecule has 2 N–H and O–H groups in total. The van der Waals surface area contributed by atoms with Crippen molar-refractivity contribution in [3.8, 4) is 11.5 Å². The van der Waals surface area contributed by atoms with Gasteiger partial charge in [-0.15, -0.1) is 0 Å². The van der Waals surface area contributed by atoms with Gasteiger partial charge in [0.2, 0.25) is 0 Å². The third kappa shape index (κ3) is 2.34. The second kappa shape index (κ2) is 4.27. The van der Waals surface area contributed by atoms with Gasteiger partial charge in [-0.2, -0.15) is 0 Å². The molecule has 0 spiro atoms. The molecule has 0 amide bonds. The van der Waals surface area contributed by atoms with Gasteiger partial charge in [0, 0.05) is 0 Å². The molecule has 0 aliphatic carbocycles. The van der Waals surface area contributed by atoms with Gasteiger partial charge in [0.25, 0.3) is 0 Å². The van der Waals surface area contributed by atoms with Crippen LogP contribution in [0.15, 0.2) is 42.5 Å². The van der Waals surface area contributed by atoms with Crippen molar-refractivity contribution in [3.05, 3.63) is 53.6 Å². The molecule has 0 fully saturated rings. The highest BCUT2D eigenvalue weighted by molar-refractivity contribution is 5.55. The topological polar surface area (TPSA) is 35.2 Å². The van der Waals surface area contributed by atoms with Crippen LogP contribution in [0, 0.1) is 13.8 Å². The number of aryl methyl sites for hydroxylation is 2. The lowest BCUT2D eigenvalue weighted by molar-refractivity contribution is 0.484. The number of anilines is 1. The van der Waals surface area contributed by atoms with Gasteiger partial charge in [-0.1, -0.05) is 18.2 Å². The molecule has 2 rings (SSSR count). The summed E-state index contributed by atoms with van der Waals surface area (Å²) in [6.07, 6.45) is 0. The largest absolute Gasteiger partial charge is 0.455 e. The van der Waals surface area contributed by atoms with E-state index in [-0.39, 0.29) is 0 Å². The van der Waals surface area contributed by atoms with Gasteiger partial charge in [-0.05, 0) is 49.2 Å². The van der Waals surface area contributed by atoms with Crippen LogP contribution in [0.1, 0.15) is 11.1 Å². The fourth-order valence-electron chi connectivity index (χ4n) is 1.54. The van der Waals surface area contributed by atoms with Crippen LogP contribution in [0.25, 0.3) is 0 Å². The second-order valence-corrected chi connectivity index (χ2v) is 3.96. The van der Waals surface area contributed by atoms with Crippen LogP contribution in [-0.2, 0) is 0 Å². The molecule has 2 aromatic rings. The Morgan fingerprint density at radius 3 is 2.44 bits per heavy atom. The van der Waals surface area contributed by atoms with E-state index < -0.39 is 0 Å². The Morgan fingerprint density at radius 1 is 0.938 bits per heavy atom. The molecule has 0 atom stereocenters. The fraction of sp³-hybridized carbons (Fsp3) is 0.143. The summed E-state index contributed by atoms with van der Waals surface area (Å²) in [5, 5.41) is 0. The molecule has 2 nitrogen and oxygen atoms in total. The number of nitrogen functional groups attached to an aromatic ring is 1. The number of benzene rings is 2. The summed E-state index contributed by atoms with van der Waals surface area (Å²) in [6.45, 7) is 4.05. The van der Waals surface area contributed by atoms with Crippen molar-refractivity contribution in [2.75, 3.05) is 5.73 Å². The molecule has 82 valence electrons. The smallest absolute Gasteiger partial charge is 0.150 e. The van der Waals surface area contributed by atoms with Crippen LogP contribution in [-0.4, -0.2) is 0 Å². The Morgan fingerprint density at radius 2 is 1.69 bits per heavy atom. The molecular formula is C14H15NO. The van der Waals surface area contributed by atoms with Crippen molar-refractivity contribution in [2.24, 2.45) is 0 Å². The lowest BCUT2D eigenvalue weighted by atomic mass is 10.2. The van der Waals surface area contributed by atoms with Crippen LogP contribution in [0.3, 0.4) is 0 Å². The summed E-state index contributed by atoms with van der Waals surface area (Å²) in [6, 6.07) is 13.7. The first-order chi connectivity index (χ1) is 7.65. The SMILES string of the molecule is Cc1cccc(Oc2cc(C)ccc2N)c1. The van der Waals surface area contributed by atoms with E-state index >= 15 is 0 Å². The van der Waals surface area contributed by atoms with Crippen LogP contribution in [0.4, 0.5) is 5.69 Å². The minimum atomic E-state index is 0.659. The third-order valence-corrected chi connectivity index (χ3v) is 2.39. The van der Waals surface area contributed by atoms with Crippen LogP contribution >= 0.6 is 0 Å². The van der Waals surface area contributed by atoms with Gasteiger partial charge in [0.05, 0.1) is 5.69 Å². The van der Waals surface area contributed by atoms with E-state index in [1.54, 1.807) is 0 Å². The molecule has 0 heterocycles. The van der Waals surface area contributed by atoms with Crippen molar-refractivity contribution in [1.29, 1.82) is 0 Å². The minimum absolute atomic E-state index is 0.659. The van der Waals surface area contributed by atoms with Crippen LogP contribution in [0.2, 0.25) is 0 Å². The van der Waals surface area contributed by atoms with E-state index in [1.165, 1.54) is 5.56 Å². The van der Waals surface area contributed by atoms with Gasteiger partial charge < -0.3 is 10.5 Å².